The van der Waals surface area contributed by atoms with Gasteiger partial charge >= 0.3 is 5.97 Å². The van der Waals surface area contributed by atoms with Crippen LogP contribution in [0.15, 0.2) is 78.9 Å². The minimum absolute atomic E-state index is 0.275. The topological polar surface area (TPSA) is 58.6 Å². The second-order valence-corrected chi connectivity index (χ2v) is 5.97. The van der Waals surface area contributed by atoms with E-state index in [1.54, 1.807) is 18.2 Å². The van der Waals surface area contributed by atoms with E-state index >= 15 is 0 Å². The van der Waals surface area contributed by atoms with E-state index in [0.29, 0.717) is 13.2 Å². The highest BCUT2D eigenvalue weighted by Gasteiger charge is 2.03. The molecule has 0 aromatic heterocycles. The van der Waals surface area contributed by atoms with E-state index in [0.717, 1.165) is 23.4 Å². The van der Waals surface area contributed by atoms with Crippen molar-refractivity contribution in [3.05, 3.63) is 95.6 Å². The molecule has 0 aliphatic rings. The van der Waals surface area contributed by atoms with Gasteiger partial charge in [-0.25, -0.2) is 4.79 Å². The zero-order valence-electron chi connectivity index (χ0n) is 14.4. The molecule has 3 aromatic carbocycles. The second kappa shape index (κ2) is 8.72. The number of rotatable bonds is 8. The molecule has 0 atom stereocenters. The van der Waals surface area contributed by atoms with Crippen LogP contribution in [0.1, 0.15) is 21.5 Å². The van der Waals surface area contributed by atoms with Crippen molar-refractivity contribution in [3.63, 3.8) is 0 Å². The Hall–Kier alpha value is -3.27. The van der Waals surface area contributed by atoms with Crippen molar-refractivity contribution in [1.82, 2.24) is 0 Å². The standard InChI is InChI=1S/C22H21NO3/c24-22(25)19-7-4-8-20(15-19)23-16-18-9-11-21(12-10-18)26-14-13-17-5-2-1-3-6-17/h1-12,15,23H,13-14,16H2,(H,24,25). The van der Waals surface area contributed by atoms with Gasteiger partial charge in [-0.3, -0.25) is 0 Å². The minimum atomic E-state index is -0.925. The summed E-state index contributed by atoms with van der Waals surface area (Å²) in [5, 5.41) is 12.3. The predicted molar refractivity (Wildman–Crippen MR) is 103 cm³/mol. The maximum atomic E-state index is 11.0. The highest BCUT2D eigenvalue weighted by molar-refractivity contribution is 5.88. The summed E-state index contributed by atoms with van der Waals surface area (Å²) in [6.07, 6.45) is 0.879. The van der Waals surface area contributed by atoms with E-state index in [4.69, 9.17) is 9.84 Å². The normalized spacial score (nSPS) is 10.3. The number of carboxylic acids is 1. The fourth-order valence-electron chi connectivity index (χ4n) is 2.60. The molecule has 0 heterocycles. The molecule has 0 amide bonds. The largest absolute Gasteiger partial charge is 0.493 e. The van der Waals surface area contributed by atoms with Gasteiger partial charge < -0.3 is 15.2 Å². The van der Waals surface area contributed by atoms with E-state index < -0.39 is 5.97 Å². The quantitative estimate of drug-likeness (QED) is 0.624. The Morgan fingerprint density at radius 3 is 2.38 bits per heavy atom. The molecule has 0 fully saturated rings. The maximum Gasteiger partial charge on any atom is 0.335 e. The summed E-state index contributed by atoms with van der Waals surface area (Å²) < 4.78 is 5.78. The Balaban J connectivity index is 1.48. The van der Waals surface area contributed by atoms with Crippen molar-refractivity contribution in [2.75, 3.05) is 11.9 Å². The molecule has 132 valence electrons. The average molecular weight is 347 g/mol. The van der Waals surface area contributed by atoms with Crippen molar-refractivity contribution in [1.29, 1.82) is 0 Å². The van der Waals surface area contributed by atoms with Crippen LogP contribution in [-0.4, -0.2) is 17.7 Å². The number of aromatic carboxylic acids is 1. The van der Waals surface area contributed by atoms with E-state index in [1.807, 2.05) is 48.5 Å². The number of hydrogen-bond donors (Lipinski definition) is 2. The molecule has 4 heteroatoms. The third kappa shape index (κ3) is 5.11. The van der Waals surface area contributed by atoms with Crippen molar-refractivity contribution >= 4 is 11.7 Å². The number of carboxylic acid groups (broad SMARTS) is 1. The number of ether oxygens (including phenoxy) is 1. The number of benzene rings is 3. The monoisotopic (exact) mass is 347 g/mol. The lowest BCUT2D eigenvalue weighted by atomic mass is 10.1. The van der Waals surface area contributed by atoms with Crippen LogP contribution in [0.5, 0.6) is 5.75 Å². The Labute approximate surface area is 153 Å². The van der Waals surface area contributed by atoms with Crippen LogP contribution in [0.2, 0.25) is 0 Å². The predicted octanol–water partition coefficient (Wildman–Crippen LogP) is 4.62. The van der Waals surface area contributed by atoms with Crippen LogP contribution < -0.4 is 10.1 Å². The Bertz CT molecular complexity index is 845. The zero-order valence-corrected chi connectivity index (χ0v) is 14.4. The summed E-state index contributed by atoms with van der Waals surface area (Å²) in [4.78, 5) is 11.0. The van der Waals surface area contributed by atoms with E-state index in [-0.39, 0.29) is 5.56 Å². The molecule has 0 aliphatic carbocycles. The van der Waals surface area contributed by atoms with Crippen LogP contribution in [0.3, 0.4) is 0 Å². The molecule has 0 bridgehead atoms. The molecule has 0 radical (unpaired) electrons. The highest BCUT2D eigenvalue weighted by atomic mass is 16.5. The lowest BCUT2D eigenvalue weighted by molar-refractivity contribution is 0.0697. The van der Waals surface area contributed by atoms with Gasteiger partial charge in [-0.05, 0) is 41.5 Å². The van der Waals surface area contributed by atoms with Gasteiger partial charge in [0, 0.05) is 18.7 Å². The van der Waals surface area contributed by atoms with Crippen LogP contribution in [-0.2, 0) is 13.0 Å². The first kappa shape index (κ1) is 17.5. The summed E-state index contributed by atoms with van der Waals surface area (Å²) in [5.74, 6) is -0.0804. The molecule has 2 N–H and O–H groups in total. The Morgan fingerprint density at radius 2 is 1.65 bits per heavy atom. The van der Waals surface area contributed by atoms with Crippen LogP contribution in [0.4, 0.5) is 5.69 Å². The van der Waals surface area contributed by atoms with Crippen molar-refractivity contribution in [2.24, 2.45) is 0 Å². The molecule has 0 saturated heterocycles. The Kier molecular flexibility index (Phi) is 5.88. The summed E-state index contributed by atoms with van der Waals surface area (Å²) in [6, 6.07) is 25.0. The van der Waals surface area contributed by atoms with Gasteiger partial charge in [-0.2, -0.15) is 0 Å². The minimum Gasteiger partial charge on any atom is -0.493 e. The molecule has 3 rings (SSSR count). The second-order valence-electron chi connectivity index (χ2n) is 5.97. The summed E-state index contributed by atoms with van der Waals surface area (Å²) in [7, 11) is 0. The lowest BCUT2D eigenvalue weighted by Gasteiger charge is -2.09. The van der Waals surface area contributed by atoms with E-state index in [2.05, 4.69) is 17.4 Å². The zero-order chi connectivity index (χ0) is 18.2. The average Bonchev–Trinajstić information content (AvgIpc) is 2.68. The van der Waals surface area contributed by atoms with Gasteiger partial charge in [0.05, 0.1) is 12.2 Å². The maximum absolute atomic E-state index is 11.0. The SMILES string of the molecule is O=C(O)c1cccc(NCc2ccc(OCCc3ccccc3)cc2)c1. The van der Waals surface area contributed by atoms with Crippen LogP contribution >= 0.6 is 0 Å². The van der Waals surface area contributed by atoms with Crippen molar-refractivity contribution < 1.29 is 14.6 Å². The molecule has 0 aliphatic heterocycles. The first-order valence-electron chi connectivity index (χ1n) is 8.53. The summed E-state index contributed by atoms with van der Waals surface area (Å²) in [5.41, 5.74) is 3.42. The van der Waals surface area contributed by atoms with Crippen LogP contribution in [0.25, 0.3) is 0 Å². The molecule has 0 unspecified atom stereocenters. The summed E-state index contributed by atoms with van der Waals surface area (Å²) >= 11 is 0. The number of carbonyl (C=O) groups is 1. The highest BCUT2D eigenvalue weighted by Crippen LogP contribution is 2.16. The lowest BCUT2D eigenvalue weighted by Crippen LogP contribution is -2.03. The molecule has 4 nitrogen and oxygen atoms in total. The van der Waals surface area contributed by atoms with Gasteiger partial charge in [0.15, 0.2) is 0 Å². The number of nitrogens with one attached hydrogen (secondary N) is 1. The number of hydrogen-bond acceptors (Lipinski definition) is 3. The number of anilines is 1. The summed E-state index contributed by atoms with van der Waals surface area (Å²) in [6.45, 7) is 1.26. The molecule has 0 saturated carbocycles. The van der Waals surface area contributed by atoms with E-state index in [9.17, 15) is 4.79 Å². The molecule has 3 aromatic rings. The Morgan fingerprint density at radius 1 is 0.885 bits per heavy atom. The molecule has 0 spiro atoms. The van der Waals surface area contributed by atoms with Crippen molar-refractivity contribution in [3.8, 4) is 5.75 Å². The smallest absolute Gasteiger partial charge is 0.335 e. The van der Waals surface area contributed by atoms with Gasteiger partial charge in [-0.1, -0.05) is 48.5 Å². The van der Waals surface area contributed by atoms with Gasteiger partial charge in [-0.15, -0.1) is 0 Å². The first-order chi connectivity index (χ1) is 12.7. The van der Waals surface area contributed by atoms with Crippen LogP contribution in [0, 0.1) is 0 Å². The molecule has 26 heavy (non-hydrogen) atoms. The fourth-order valence-corrected chi connectivity index (χ4v) is 2.60. The fraction of sp³-hybridized carbons (Fsp3) is 0.136. The molecular weight excluding hydrogens is 326 g/mol. The first-order valence-corrected chi connectivity index (χ1v) is 8.53. The third-order valence-corrected chi connectivity index (χ3v) is 4.03. The molecular formula is C22H21NO3. The third-order valence-electron chi connectivity index (χ3n) is 4.03. The van der Waals surface area contributed by atoms with E-state index in [1.165, 1.54) is 5.56 Å². The van der Waals surface area contributed by atoms with Crippen molar-refractivity contribution in [2.45, 2.75) is 13.0 Å². The van der Waals surface area contributed by atoms with Gasteiger partial charge in [0.25, 0.3) is 0 Å². The van der Waals surface area contributed by atoms with Gasteiger partial charge in [0.1, 0.15) is 5.75 Å². The van der Waals surface area contributed by atoms with Gasteiger partial charge in [0.2, 0.25) is 0 Å².